The molecule has 0 saturated carbocycles. The Bertz CT molecular complexity index is 410. The van der Waals surface area contributed by atoms with Gasteiger partial charge in [0.15, 0.2) is 6.17 Å². The maximum absolute atomic E-state index is 11.7. The molecule has 1 aromatic rings. The van der Waals surface area contributed by atoms with E-state index in [4.69, 9.17) is 5.21 Å². The Kier molecular flexibility index (Phi) is 5.24. The highest BCUT2D eigenvalue weighted by Gasteiger charge is 2.21. The number of hydroxylamine groups is 4. The third kappa shape index (κ3) is 3.80. The van der Waals surface area contributed by atoms with Crippen LogP contribution >= 0.6 is 11.3 Å². The van der Waals surface area contributed by atoms with Crippen LogP contribution in [0.15, 0.2) is 17.5 Å². The highest BCUT2D eigenvalue weighted by molar-refractivity contribution is 7.12. The van der Waals surface area contributed by atoms with Crippen molar-refractivity contribution in [2.75, 3.05) is 6.54 Å². The topological polar surface area (TPSA) is 110 Å². The molecule has 1 aromatic heterocycles. The lowest BCUT2D eigenvalue weighted by Gasteiger charge is -2.25. The van der Waals surface area contributed by atoms with Crippen molar-refractivity contribution in [3.8, 4) is 0 Å². The molecule has 0 aliphatic heterocycles. The summed E-state index contributed by atoms with van der Waals surface area (Å²) in [5.74, 6) is -0.532. The molecule has 0 aliphatic rings. The van der Waals surface area contributed by atoms with Crippen molar-refractivity contribution in [3.63, 3.8) is 0 Å². The van der Waals surface area contributed by atoms with Crippen molar-refractivity contribution in [2.45, 2.75) is 6.17 Å². The van der Waals surface area contributed by atoms with Gasteiger partial charge in [-0.1, -0.05) is 6.07 Å². The maximum Gasteiger partial charge on any atom is 0.263 e. The molecule has 0 fully saturated rings. The predicted molar refractivity (Wildman–Crippen MR) is 59.8 cm³/mol. The van der Waals surface area contributed by atoms with Gasteiger partial charge in [0.2, 0.25) is 12.8 Å². The molecular formula is C9H11N3O5S. The minimum absolute atomic E-state index is 0.0536. The van der Waals surface area contributed by atoms with E-state index in [9.17, 15) is 19.6 Å². The fourth-order valence-corrected chi connectivity index (χ4v) is 1.75. The standard InChI is InChI=1S/C9H11N3O5S/c13-5-11(16)4-8(12(17)6-14)10-9(15)7-2-1-3-18-7/h1-3,5-6,8,16-17H,4H2,(H,10,15). The van der Waals surface area contributed by atoms with E-state index in [1.807, 2.05) is 0 Å². The summed E-state index contributed by atoms with van der Waals surface area (Å²) in [5.41, 5.74) is 0. The highest BCUT2D eigenvalue weighted by atomic mass is 32.1. The Morgan fingerprint density at radius 1 is 1.44 bits per heavy atom. The van der Waals surface area contributed by atoms with E-state index < -0.39 is 18.6 Å². The molecule has 1 unspecified atom stereocenters. The van der Waals surface area contributed by atoms with Crippen LogP contribution in [0.3, 0.4) is 0 Å². The van der Waals surface area contributed by atoms with E-state index in [1.165, 1.54) is 11.3 Å². The van der Waals surface area contributed by atoms with Crippen LogP contribution in [0.2, 0.25) is 0 Å². The van der Waals surface area contributed by atoms with Crippen molar-refractivity contribution >= 4 is 30.1 Å². The summed E-state index contributed by atoms with van der Waals surface area (Å²) in [5, 5.41) is 22.5. The van der Waals surface area contributed by atoms with Crippen LogP contribution in [-0.2, 0) is 9.59 Å². The molecule has 3 N–H and O–H groups in total. The van der Waals surface area contributed by atoms with Gasteiger partial charge in [-0.25, -0.2) is 10.1 Å². The number of nitrogens with one attached hydrogen (secondary N) is 1. The van der Waals surface area contributed by atoms with Crippen LogP contribution in [-0.4, -0.2) is 52.0 Å². The summed E-state index contributed by atoms with van der Waals surface area (Å²) >= 11 is 1.17. The molecule has 0 bridgehead atoms. The molecule has 0 radical (unpaired) electrons. The second-order valence-corrected chi connectivity index (χ2v) is 4.13. The fourth-order valence-electron chi connectivity index (χ4n) is 1.12. The minimum Gasteiger partial charge on any atom is -0.327 e. The summed E-state index contributed by atoms with van der Waals surface area (Å²) in [7, 11) is 0. The van der Waals surface area contributed by atoms with Gasteiger partial charge < -0.3 is 5.32 Å². The number of nitrogens with zero attached hydrogens (tertiary/aromatic N) is 2. The molecule has 1 atom stereocenters. The summed E-state index contributed by atoms with van der Waals surface area (Å²) in [6.07, 6.45) is -1.10. The SMILES string of the molecule is O=CN(O)CC(NC(=O)c1cccs1)N(O)C=O. The molecule has 0 saturated heterocycles. The first-order valence-electron chi connectivity index (χ1n) is 4.76. The predicted octanol–water partition coefficient (Wildman–Crippen LogP) is -0.501. The number of hydrogen-bond acceptors (Lipinski definition) is 6. The van der Waals surface area contributed by atoms with E-state index in [-0.39, 0.29) is 22.9 Å². The quantitative estimate of drug-likeness (QED) is 0.268. The lowest BCUT2D eigenvalue weighted by molar-refractivity contribution is -0.179. The molecule has 18 heavy (non-hydrogen) atoms. The number of rotatable bonds is 7. The van der Waals surface area contributed by atoms with Crippen molar-refractivity contribution in [1.29, 1.82) is 0 Å². The van der Waals surface area contributed by atoms with Gasteiger partial charge in [0.25, 0.3) is 5.91 Å². The summed E-state index contributed by atoms with van der Waals surface area (Å²) in [6.45, 7) is -0.462. The molecule has 1 heterocycles. The van der Waals surface area contributed by atoms with Crippen LogP contribution in [0.4, 0.5) is 0 Å². The Hall–Kier alpha value is -1.97. The van der Waals surface area contributed by atoms with Crippen LogP contribution in [0.5, 0.6) is 0 Å². The average Bonchev–Trinajstić information content (AvgIpc) is 2.90. The van der Waals surface area contributed by atoms with Gasteiger partial charge in [-0.2, -0.15) is 0 Å². The maximum atomic E-state index is 11.7. The Morgan fingerprint density at radius 2 is 2.17 bits per heavy atom. The molecule has 8 nitrogen and oxygen atoms in total. The molecule has 3 amide bonds. The van der Waals surface area contributed by atoms with Gasteiger partial charge in [-0.05, 0) is 11.4 Å². The third-order valence-corrected chi connectivity index (χ3v) is 2.82. The zero-order valence-electron chi connectivity index (χ0n) is 9.09. The van der Waals surface area contributed by atoms with E-state index in [1.54, 1.807) is 17.5 Å². The molecular weight excluding hydrogens is 262 g/mol. The summed E-state index contributed by atoms with van der Waals surface area (Å²) in [4.78, 5) is 32.7. The van der Waals surface area contributed by atoms with Gasteiger partial charge in [0.1, 0.15) is 0 Å². The Morgan fingerprint density at radius 3 is 2.67 bits per heavy atom. The van der Waals surface area contributed by atoms with Gasteiger partial charge in [-0.15, -0.1) is 11.3 Å². The zero-order valence-corrected chi connectivity index (χ0v) is 9.91. The van der Waals surface area contributed by atoms with Gasteiger partial charge >= 0.3 is 0 Å². The van der Waals surface area contributed by atoms with Crippen LogP contribution < -0.4 is 5.32 Å². The monoisotopic (exact) mass is 273 g/mol. The molecule has 1 rings (SSSR count). The van der Waals surface area contributed by atoms with Crippen molar-refractivity contribution < 1.29 is 24.8 Å². The lowest BCUT2D eigenvalue weighted by Crippen LogP contribution is -2.51. The van der Waals surface area contributed by atoms with Gasteiger partial charge in [0.05, 0.1) is 11.4 Å². The van der Waals surface area contributed by atoms with Gasteiger partial charge in [0, 0.05) is 0 Å². The molecule has 0 aliphatic carbocycles. The fraction of sp³-hybridized carbons (Fsp3) is 0.222. The third-order valence-electron chi connectivity index (χ3n) is 1.95. The van der Waals surface area contributed by atoms with Gasteiger partial charge in [-0.3, -0.25) is 24.8 Å². The normalized spacial score (nSPS) is 11.4. The number of hydrogen-bond donors (Lipinski definition) is 3. The van der Waals surface area contributed by atoms with E-state index >= 15 is 0 Å². The summed E-state index contributed by atoms with van der Waals surface area (Å²) in [6, 6.07) is 3.21. The van der Waals surface area contributed by atoms with E-state index in [0.717, 1.165) is 0 Å². The van der Waals surface area contributed by atoms with Crippen LogP contribution in [0.1, 0.15) is 9.67 Å². The van der Waals surface area contributed by atoms with Crippen molar-refractivity contribution in [3.05, 3.63) is 22.4 Å². The zero-order chi connectivity index (χ0) is 13.5. The number of amides is 3. The van der Waals surface area contributed by atoms with Crippen molar-refractivity contribution in [2.24, 2.45) is 0 Å². The van der Waals surface area contributed by atoms with E-state index in [2.05, 4.69) is 5.32 Å². The van der Waals surface area contributed by atoms with Crippen LogP contribution in [0, 0.1) is 0 Å². The highest BCUT2D eigenvalue weighted by Crippen LogP contribution is 2.08. The van der Waals surface area contributed by atoms with E-state index in [0.29, 0.717) is 4.88 Å². The molecule has 0 spiro atoms. The smallest absolute Gasteiger partial charge is 0.263 e. The second kappa shape index (κ2) is 6.69. The molecule has 9 heteroatoms. The first kappa shape index (κ1) is 14.1. The number of carbonyl (C=O) groups excluding carboxylic acids is 3. The Labute approximate surface area is 106 Å². The number of carbonyl (C=O) groups is 3. The molecule has 0 aromatic carbocycles. The largest absolute Gasteiger partial charge is 0.327 e. The summed E-state index contributed by atoms with van der Waals surface area (Å²) < 4.78 is 0. The average molecular weight is 273 g/mol. The second-order valence-electron chi connectivity index (χ2n) is 3.18. The minimum atomic E-state index is -1.24. The van der Waals surface area contributed by atoms with Crippen LogP contribution in [0.25, 0.3) is 0 Å². The number of thiophene rings is 1. The van der Waals surface area contributed by atoms with Crippen molar-refractivity contribution in [1.82, 2.24) is 15.4 Å². The lowest BCUT2D eigenvalue weighted by atomic mass is 10.4. The first-order chi connectivity index (χ1) is 8.58. The molecule has 98 valence electrons. The first-order valence-corrected chi connectivity index (χ1v) is 5.64. The Balaban J connectivity index is 2.69.